The van der Waals surface area contributed by atoms with Gasteiger partial charge in [0, 0.05) is 67.0 Å². The monoisotopic (exact) mass is 944 g/mol. The summed E-state index contributed by atoms with van der Waals surface area (Å²) in [6, 6.07) is 3.85. The van der Waals surface area contributed by atoms with Gasteiger partial charge in [0.15, 0.2) is 0 Å². The number of pyridine rings is 1. The predicted octanol–water partition coefficient (Wildman–Crippen LogP) is 5.79. The second-order valence-electron chi connectivity index (χ2n) is 19.5. The highest BCUT2D eigenvalue weighted by Gasteiger charge is 2.62. The third kappa shape index (κ3) is 9.64. The van der Waals surface area contributed by atoms with E-state index in [0.29, 0.717) is 73.9 Å². The molecule has 2 aromatic heterocycles. The summed E-state index contributed by atoms with van der Waals surface area (Å²) in [6.45, 7) is 8.83. The van der Waals surface area contributed by atoms with E-state index in [1.807, 2.05) is 42.7 Å². The molecule has 5 heterocycles. The van der Waals surface area contributed by atoms with Gasteiger partial charge in [-0.05, 0) is 76.3 Å². The second-order valence-corrected chi connectivity index (χ2v) is 22.3. The maximum absolute atomic E-state index is 15.1. The van der Waals surface area contributed by atoms with E-state index in [1.54, 1.807) is 12.0 Å². The Bertz CT molecular complexity index is 2480. The number of benzene rings is 1. The lowest BCUT2D eigenvalue weighted by Gasteiger charge is -2.38. The number of sulfonamides is 1. The number of fused-ring (bicyclic) bond motifs is 3. The highest BCUT2D eigenvalue weighted by Crippen LogP contribution is 2.46. The molecule has 16 nitrogen and oxygen atoms in total. The molecule has 356 valence electrons. The predicted molar refractivity (Wildman–Crippen MR) is 252 cm³/mol. The van der Waals surface area contributed by atoms with E-state index in [1.165, 1.54) is 41.9 Å². The molecule has 9 rings (SSSR count). The lowest BCUT2D eigenvalue weighted by Crippen LogP contribution is -2.60. The van der Waals surface area contributed by atoms with E-state index in [9.17, 15) is 22.8 Å². The maximum atomic E-state index is 15.1. The number of allylic oxidation sites excluding steroid dienone is 1. The molecule has 0 bridgehead atoms. The van der Waals surface area contributed by atoms with Gasteiger partial charge in [-0.1, -0.05) is 51.7 Å². The molecule has 1 aromatic carbocycles. The zero-order chi connectivity index (χ0) is 46.3. The van der Waals surface area contributed by atoms with Crippen molar-refractivity contribution in [1.82, 2.24) is 40.0 Å². The Labute approximate surface area is 391 Å². The standard InChI is InChI=1S/C48H64N8O8S2/c1-29(2)38-28-65-44(50-38)37-25-41(35-18-19-40(63-4)30(3)42(35)49-37)64-33-24-39-43(57)52-48(46(59)53-66(61,62)34-16-17-34)26-31(48)12-8-6-5-7-9-15-36(45(58)56(39)27-33)51-47(60)55-22-20-54(21-23-55)32-13-10-11-14-32/h8,12,18-19,25,28-29,31-34,36,39H,5-7,9-11,13-17,20-24,26-27H2,1-4H3,(H,51,60)(H,52,57)(H,53,59)/t31-,33-,36+,39+,48-/m1/s1. The van der Waals surface area contributed by atoms with Crippen LogP contribution in [0.2, 0.25) is 0 Å². The van der Waals surface area contributed by atoms with Crippen LogP contribution in [0.3, 0.4) is 0 Å². The minimum atomic E-state index is -3.91. The van der Waals surface area contributed by atoms with Crippen molar-refractivity contribution < 1.29 is 37.1 Å². The van der Waals surface area contributed by atoms with E-state index in [4.69, 9.17) is 19.4 Å². The topological polar surface area (TPSA) is 192 Å². The summed E-state index contributed by atoms with van der Waals surface area (Å²) in [5.41, 5.74) is 1.53. The number of amides is 5. The van der Waals surface area contributed by atoms with Crippen LogP contribution in [0.25, 0.3) is 21.6 Å². The summed E-state index contributed by atoms with van der Waals surface area (Å²) in [4.78, 5) is 73.7. The van der Waals surface area contributed by atoms with Crippen molar-refractivity contribution in [2.75, 3.05) is 39.8 Å². The van der Waals surface area contributed by atoms with Gasteiger partial charge in [-0.3, -0.25) is 24.0 Å². The van der Waals surface area contributed by atoms with Crippen LogP contribution in [-0.4, -0.2) is 132 Å². The molecule has 3 aliphatic carbocycles. The number of methoxy groups -OCH3 is 1. The molecule has 5 fully saturated rings. The summed E-state index contributed by atoms with van der Waals surface area (Å²) in [5.74, 6) is -0.809. The number of nitrogens with one attached hydrogen (secondary N) is 3. The fraction of sp³-hybridized carbons (Fsp3) is 0.625. The number of carbonyl (C=O) groups excluding carboxylic acids is 4. The number of thiazole rings is 1. The number of hydrogen-bond acceptors (Lipinski definition) is 12. The summed E-state index contributed by atoms with van der Waals surface area (Å²) in [7, 11) is -2.30. The molecule has 5 amide bonds. The summed E-state index contributed by atoms with van der Waals surface area (Å²) < 4.78 is 41.0. The maximum Gasteiger partial charge on any atom is 0.318 e. The van der Waals surface area contributed by atoms with Crippen LogP contribution in [0.15, 0.2) is 35.7 Å². The highest BCUT2D eigenvalue weighted by atomic mass is 32.2. The average Bonchev–Trinajstić information content (AvgIpc) is 4.04. The Balaban J connectivity index is 1.03. The zero-order valence-electron chi connectivity index (χ0n) is 38.6. The average molecular weight is 945 g/mol. The quantitative estimate of drug-likeness (QED) is 0.209. The van der Waals surface area contributed by atoms with Crippen LogP contribution in [0, 0.1) is 12.8 Å². The molecular weight excluding hydrogens is 881 g/mol. The number of urea groups is 1. The molecule has 3 N–H and O–H groups in total. The number of aromatic nitrogens is 2. The molecule has 6 aliphatic rings. The molecule has 3 aromatic rings. The first kappa shape index (κ1) is 46.3. The van der Waals surface area contributed by atoms with Crippen LogP contribution < -0.4 is 24.8 Å². The van der Waals surface area contributed by atoms with Crippen molar-refractivity contribution in [1.29, 1.82) is 0 Å². The molecule has 3 aliphatic heterocycles. The zero-order valence-corrected chi connectivity index (χ0v) is 40.2. The van der Waals surface area contributed by atoms with Gasteiger partial charge in [-0.2, -0.15) is 0 Å². The number of nitrogens with zero attached hydrogens (tertiary/aromatic N) is 5. The van der Waals surface area contributed by atoms with E-state index >= 15 is 4.79 Å². The number of aryl methyl sites for hydroxylation is 1. The molecule has 0 unspecified atom stereocenters. The smallest absolute Gasteiger partial charge is 0.318 e. The summed E-state index contributed by atoms with van der Waals surface area (Å²) in [6.07, 6.45) is 12.7. The van der Waals surface area contributed by atoms with Crippen LogP contribution in [-0.2, 0) is 24.4 Å². The molecule has 2 saturated heterocycles. The Hall–Kier alpha value is -4.81. The van der Waals surface area contributed by atoms with Crippen LogP contribution >= 0.6 is 11.3 Å². The van der Waals surface area contributed by atoms with E-state index in [2.05, 4.69) is 34.1 Å². The van der Waals surface area contributed by atoms with Crippen LogP contribution in [0.4, 0.5) is 4.79 Å². The minimum absolute atomic E-state index is 0.0188. The number of hydrogen-bond donors (Lipinski definition) is 3. The van der Waals surface area contributed by atoms with Crippen molar-refractivity contribution >= 4 is 56.0 Å². The summed E-state index contributed by atoms with van der Waals surface area (Å²) >= 11 is 1.49. The van der Waals surface area contributed by atoms with Gasteiger partial charge in [0.25, 0.3) is 5.91 Å². The first-order chi connectivity index (χ1) is 31.7. The van der Waals surface area contributed by atoms with Crippen molar-refractivity contribution in [3.05, 3.63) is 47.0 Å². The van der Waals surface area contributed by atoms with E-state index < -0.39 is 62.6 Å². The number of rotatable bonds is 10. The molecule has 18 heteroatoms. The van der Waals surface area contributed by atoms with Gasteiger partial charge in [-0.25, -0.2) is 23.2 Å². The third-order valence-corrected chi connectivity index (χ3v) is 17.3. The summed E-state index contributed by atoms with van der Waals surface area (Å²) in [5, 5.41) is 8.91. The van der Waals surface area contributed by atoms with Gasteiger partial charge in [0.05, 0.1) is 30.1 Å². The molecule has 5 atom stereocenters. The van der Waals surface area contributed by atoms with Crippen molar-refractivity contribution in [2.45, 2.75) is 145 Å². The van der Waals surface area contributed by atoms with Crippen LogP contribution in [0.1, 0.15) is 114 Å². The minimum Gasteiger partial charge on any atom is -0.496 e. The van der Waals surface area contributed by atoms with Gasteiger partial charge in [0.1, 0.15) is 45.9 Å². The normalized spacial score (nSPS) is 26.9. The fourth-order valence-corrected chi connectivity index (χ4v) is 12.6. The Morgan fingerprint density at radius 3 is 2.44 bits per heavy atom. The molecular formula is C48H64N8O8S2. The van der Waals surface area contributed by atoms with E-state index in [0.717, 1.165) is 47.6 Å². The molecule has 66 heavy (non-hydrogen) atoms. The van der Waals surface area contributed by atoms with Crippen molar-refractivity contribution in [2.24, 2.45) is 5.92 Å². The Morgan fingerprint density at radius 1 is 0.970 bits per heavy atom. The first-order valence-electron chi connectivity index (χ1n) is 24.0. The SMILES string of the molecule is COc1ccc2c(O[C@@H]3C[C@H]4C(=O)N[C@]5(C(=O)NS(=O)(=O)C6CC6)C[C@H]5C=CCCCCC[C@H](NC(=O)N5CCN(C6CCCC6)CC5)C(=O)N4C3)cc(-c3nc(C(C)C)cs3)nc2c1C. The largest absolute Gasteiger partial charge is 0.496 e. The second kappa shape index (κ2) is 19.1. The Morgan fingerprint density at radius 2 is 1.73 bits per heavy atom. The first-order valence-corrected chi connectivity index (χ1v) is 26.4. The van der Waals surface area contributed by atoms with Gasteiger partial charge >= 0.3 is 6.03 Å². The van der Waals surface area contributed by atoms with Gasteiger partial charge in [0.2, 0.25) is 21.8 Å². The number of ether oxygens (including phenoxy) is 2. The lowest BCUT2D eigenvalue weighted by molar-refractivity contribution is -0.141. The molecule has 3 saturated carbocycles. The molecule has 0 radical (unpaired) electrons. The van der Waals surface area contributed by atoms with E-state index in [-0.39, 0.29) is 31.3 Å². The van der Waals surface area contributed by atoms with Crippen LogP contribution in [0.5, 0.6) is 11.5 Å². The fourth-order valence-electron chi connectivity index (χ4n) is 10.3. The third-order valence-electron chi connectivity index (χ3n) is 14.6. The molecule has 0 spiro atoms. The highest BCUT2D eigenvalue weighted by molar-refractivity contribution is 7.91. The van der Waals surface area contributed by atoms with Crippen molar-refractivity contribution in [3.63, 3.8) is 0 Å². The van der Waals surface area contributed by atoms with Gasteiger partial charge < -0.3 is 29.9 Å². The number of carbonyl (C=O) groups is 4. The Kier molecular flexibility index (Phi) is 13.4. The lowest BCUT2D eigenvalue weighted by atomic mass is 10.0. The van der Waals surface area contributed by atoms with Gasteiger partial charge in [-0.15, -0.1) is 11.3 Å². The van der Waals surface area contributed by atoms with Crippen molar-refractivity contribution in [3.8, 4) is 22.2 Å². The number of piperazine rings is 1.